The molecule has 1 N–H and O–H groups in total. The van der Waals surface area contributed by atoms with Crippen molar-refractivity contribution >= 4 is 8.07 Å². The van der Waals surface area contributed by atoms with E-state index < -0.39 is 8.07 Å². The highest BCUT2D eigenvalue weighted by atomic mass is 28.3. The molecule has 3 heteroatoms. The Hall–Kier alpha value is -0.123. The Morgan fingerprint density at radius 2 is 2.42 bits per heavy atom. The van der Waals surface area contributed by atoms with Gasteiger partial charge in [0.2, 0.25) is 0 Å². The van der Waals surface area contributed by atoms with Crippen LogP contribution in [0.1, 0.15) is 0 Å². The number of ether oxygens (including phenoxy) is 1. The van der Waals surface area contributed by atoms with E-state index in [1.807, 2.05) is 0 Å². The van der Waals surface area contributed by atoms with Crippen molar-refractivity contribution in [3.63, 3.8) is 0 Å². The zero-order valence-electron chi connectivity index (χ0n) is 8.10. The largest absolute Gasteiger partial charge is 0.376 e. The summed E-state index contributed by atoms with van der Waals surface area (Å²) in [7, 11) is -1.17. The SMILES string of the molecule is C=C[Si](C)(C)CC1CNCCO1. The Labute approximate surface area is 76.0 Å². The average Bonchev–Trinajstić information content (AvgIpc) is 2.06. The third kappa shape index (κ3) is 3.09. The number of hydrogen-bond acceptors (Lipinski definition) is 2. The zero-order valence-corrected chi connectivity index (χ0v) is 9.10. The Morgan fingerprint density at radius 1 is 1.67 bits per heavy atom. The summed E-state index contributed by atoms with van der Waals surface area (Å²) in [6.07, 6.45) is 0.429. The van der Waals surface area contributed by atoms with E-state index in [9.17, 15) is 0 Å². The summed E-state index contributed by atoms with van der Waals surface area (Å²) in [4.78, 5) is 0. The van der Waals surface area contributed by atoms with Crippen molar-refractivity contribution in [2.45, 2.75) is 25.2 Å². The van der Waals surface area contributed by atoms with Gasteiger partial charge in [-0.3, -0.25) is 0 Å². The van der Waals surface area contributed by atoms with E-state index >= 15 is 0 Å². The highest BCUT2D eigenvalue weighted by Crippen LogP contribution is 2.16. The van der Waals surface area contributed by atoms with Crippen LogP contribution in [0.5, 0.6) is 0 Å². The molecule has 1 aliphatic heterocycles. The highest BCUT2D eigenvalue weighted by Gasteiger charge is 2.23. The second-order valence-corrected chi connectivity index (χ2v) is 8.89. The van der Waals surface area contributed by atoms with E-state index in [1.54, 1.807) is 0 Å². The predicted octanol–water partition coefficient (Wildman–Crippen LogP) is 1.41. The van der Waals surface area contributed by atoms with Crippen molar-refractivity contribution in [2.75, 3.05) is 19.7 Å². The van der Waals surface area contributed by atoms with Gasteiger partial charge < -0.3 is 10.1 Å². The van der Waals surface area contributed by atoms with E-state index in [2.05, 4.69) is 30.7 Å². The fourth-order valence-corrected chi connectivity index (χ4v) is 3.02. The normalized spacial score (nSPS) is 25.3. The Balaban J connectivity index is 2.33. The molecule has 0 bridgehead atoms. The minimum absolute atomic E-state index is 0.429. The summed E-state index contributed by atoms with van der Waals surface area (Å²) in [5.74, 6) is 0. The second kappa shape index (κ2) is 4.21. The molecule has 1 rings (SSSR count). The van der Waals surface area contributed by atoms with Crippen LogP contribution in [-0.4, -0.2) is 33.9 Å². The van der Waals surface area contributed by atoms with E-state index in [-0.39, 0.29) is 0 Å². The monoisotopic (exact) mass is 185 g/mol. The maximum absolute atomic E-state index is 5.64. The van der Waals surface area contributed by atoms with Gasteiger partial charge in [0.1, 0.15) is 0 Å². The summed E-state index contributed by atoms with van der Waals surface area (Å²) in [5, 5.41) is 3.34. The standard InChI is InChI=1S/C9H19NOSi/c1-4-12(2,3)8-9-7-10-5-6-11-9/h4,9-10H,1,5-8H2,2-3H3. The zero-order chi connectivity index (χ0) is 9.03. The van der Waals surface area contributed by atoms with Crippen LogP contribution in [0.15, 0.2) is 12.3 Å². The van der Waals surface area contributed by atoms with Crippen LogP contribution in [-0.2, 0) is 4.74 Å². The summed E-state index contributed by atoms with van der Waals surface area (Å²) in [6.45, 7) is 11.4. The molecule has 0 aliphatic carbocycles. The predicted molar refractivity (Wildman–Crippen MR) is 55.1 cm³/mol. The van der Waals surface area contributed by atoms with Crippen LogP contribution in [0.2, 0.25) is 19.1 Å². The van der Waals surface area contributed by atoms with Gasteiger partial charge in [0.05, 0.1) is 20.8 Å². The van der Waals surface area contributed by atoms with Crippen molar-refractivity contribution in [3.05, 3.63) is 12.3 Å². The Kier molecular flexibility index (Phi) is 3.49. The van der Waals surface area contributed by atoms with Crippen LogP contribution < -0.4 is 5.32 Å². The molecule has 0 saturated carbocycles. The first-order valence-corrected chi connectivity index (χ1v) is 7.88. The first kappa shape index (κ1) is 9.96. The lowest BCUT2D eigenvalue weighted by Gasteiger charge is -2.28. The highest BCUT2D eigenvalue weighted by molar-refractivity contribution is 6.82. The van der Waals surface area contributed by atoms with Crippen molar-refractivity contribution in [1.29, 1.82) is 0 Å². The van der Waals surface area contributed by atoms with Gasteiger partial charge in [-0.05, 0) is 6.04 Å². The Morgan fingerprint density at radius 3 is 2.92 bits per heavy atom. The molecular weight excluding hydrogens is 166 g/mol. The third-order valence-corrected chi connectivity index (χ3v) is 4.92. The molecule has 1 atom stereocenters. The van der Waals surface area contributed by atoms with Crippen molar-refractivity contribution in [1.82, 2.24) is 5.32 Å². The average molecular weight is 185 g/mol. The molecule has 70 valence electrons. The summed E-state index contributed by atoms with van der Waals surface area (Å²) < 4.78 is 5.64. The lowest BCUT2D eigenvalue weighted by molar-refractivity contribution is 0.0403. The van der Waals surface area contributed by atoms with Crippen LogP contribution in [0.4, 0.5) is 0 Å². The lowest BCUT2D eigenvalue weighted by Crippen LogP contribution is -2.42. The van der Waals surface area contributed by atoms with Gasteiger partial charge in [-0.2, -0.15) is 0 Å². The number of hydrogen-bond donors (Lipinski definition) is 1. The van der Waals surface area contributed by atoms with E-state index in [0.29, 0.717) is 6.10 Å². The molecule has 2 nitrogen and oxygen atoms in total. The van der Waals surface area contributed by atoms with Crippen molar-refractivity contribution in [2.24, 2.45) is 0 Å². The molecule has 0 spiro atoms. The summed E-state index contributed by atoms with van der Waals surface area (Å²) >= 11 is 0. The Bertz CT molecular complexity index is 153. The molecule has 1 unspecified atom stereocenters. The first-order chi connectivity index (χ1) is 5.64. The quantitative estimate of drug-likeness (QED) is 0.671. The molecular formula is C9H19NOSi. The summed E-state index contributed by atoms with van der Waals surface area (Å²) in [6, 6.07) is 1.20. The lowest BCUT2D eigenvalue weighted by atomic mass is 10.3. The molecule has 1 fully saturated rings. The maximum Gasteiger partial charge on any atom is 0.0735 e. The van der Waals surface area contributed by atoms with Gasteiger partial charge >= 0.3 is 0 Å². The summed E-state index contributed by atoms with van der Waals surface area (Å²) in [5.41, 5.74) is 2.14. The number of rotatable bonds is 3. The molecule has 12 heavy (non-hydrogen) atoms. The smallest absolute Gasteiger partial charge is 0.0735 e. The van der Waals surface area contributed by atoms with Gasteiger partial charge in [-0.25, -0.2) is 0 Å². The van der Waals surface area contributed by atoms with Gasteiger partial charge in [0, 0.05) is 13.1 Å². The fraction of sp³-hybridized carbons (Fsp3) is 0.778. The third-order valence-electron chi connectivity index (χ3n) is 2.31. The van der Waals surface area contributed by atoms with Crippen LogP contribution >= 0.6 is 0 Å². The van der Waals surface area contributed by atoms with Gasteiger partial charge in [0.15, 0.2) is 0 Å². The minimum Gasteiger partial charge on any atom is -0.376 e. The molecule has 0 amide bonds. The molecule has 1 saturated heterocycles. The molecule has 0 radical (unpaired) electrons. The van der Waals surface area contributed by atoms with Crippen LogP contribution in [0.3, 0.4) is 0 Å². The van der Waals surface area contributed by atoms with Crippen molar-refractivity contribution < 1.29 is 4.74 Å². The van der Waals surface area contributed by atoms with E-state index in [1.165, 1.54) is 6.04 Å². The molecule has 1 aliphatic rings. The van der Waals surface area contributed by atoms with Crippen molar-refractivity contribution in [3.8, 4) is 0 Å². The van der Waals surface area contributed by atoms with Crippen LogP contribution in [0.25, 0.3) is 0 Å². The molecule has 0 aromatic heterocycles. The fourth-order valence-electron chi connectivity index (χ4n) is 1.42. The molecule has 0 aromatic carbocycles. The van der Waals surface area contributed by atoms with E-state index in [4.69, 9.17) is 4.74 Å². The molecule has 0 aromatic rings. The topological polar surface area (TPSA) is 21.3 Å². The van der Waals surface area contributed by atoms with Gasteiger partial charge in [-0.15, -0.1) is 12.3 Å². The number of morpholine rings is 1. The minimum atomic E-state index is -1.17. The maximum atomic E-state index is 5.64. The van der Waals surface area contributed by atoms with Gasteiger partial charge in [-0.1, -0.05) is 13.1 Å². The van der Waals surface area contributed by atoms with Gasteiger partial charge in [0.25, 0.3) is 0 Å². The first-order valence-electron chi connectivity index (χ1n) is 4.60. The van der Waals surface area contributed by atoms with Crippen LogP contribution in [0, 0.1) is 0 Å². The van der Waals surface area contributed by atoms with E-state index in [0.717, 1.165) is 19.7 Å². The molecule has 1 heterocycles. The second-order valence-electron chi connectivity index (χ2n) is 4.09. The number of nitrogens with one attached hydrogen (secondary N) is 1.